The van der Waals surface area contributed by atoms with Crippen molar-refractivity contribution >= 4 is 23.1 Å². The molecule has 2 heterocycles. The van der Waals surface area contributed by atoms with Crippen LogP contribution in [0.2, 0.25) is 0 Å². The fourth-order valence-corrected chi connectivity index (χ4v) is 2.66. The first-order valence-electron chi connectivity index (χ1n) is 7.70. The average molecular weight is 357 g/mol. The minimum Gasteiger partial charge on any atom is -0.482 e. The number of aromatic nitrogens is 1. The van der Waals surface area contributed by atoms with Crippen LogP contribution in [0, 0.1) is 17.0 Å². The molecule has 2 aromatic rings. The fraction of sp³-hybridized carbons (Fsp3) is 0.235. The van der Waals surface area contributed by atoms with Crippen LogP contribution in [0.4, 0.5) is 11.4 Å². The van der Waals surface area contributed by atoms with Gasteiger partial charge in [0.15, 0.2) is 12.4 Å². The predicted molar refractivity (Wildman–Crippen MR) is 91.8 cm³/mol. The number of amides is 1. The first-order valence-corrected chi connectivity index (χ1v) is 7.70. The van der Waals surface area contributed by atoms with Gasteiger partial charge >= 0.3 is 0 Å². The van der Waals surface area contributed by atoms with E-state index in [0.29, 0.717) is 11.4 Å². The Morgan fingerprint density at radius 1 is 1.31 bits per heavy atom. The molecule has 26 heavy (non-hydrogen) atoms. The van der Waals surface area contributed by atoms with Gasteiger partial charge in [-0.1, -0.05) is 0 Å². The summed E-state index contributed by atoms with van der Waals surface area (Å²) < 4.78 is 6.30. The molecule has 0 radical (unpaired) electrons. The minimum atomic E-state index is -0.605. The number of aryl methyl sites for hydroxylation is 1. The number of carbonyl (C=O) groups excluding carboxylic acids is 2. The molecule has 1 aromatic heterocycles. The Kier molecular flexibility index (Phi) is 4.29. The fourth-order valence-electron chi connectivity index (χ4n) is 2.66. The molecular formula is C17H15N3O6. The van der Waals surface area contributed by atoms with Crippen molar-refractivity contribution in [2.45, 2.75) is 13.5 Å². The molecule has 3 rings (SSSR count). The summed E-state index contributed by atoms with van der Waals surface area (Å²) in [5.41, 5.74) is 0.213. The van der Waals surface area contributed by atoms with E-state index in [4.69, 9.17) is 4.74 Å². The highest BCUT2D eigenvalue weighted by Gasteiger charge is 2.23. The third-order valence-electron chi connectivity index (χ3n) is 4.18. The van der Waals surface area contributed by atoms with Gasteiger partial charge in [0, 0.05) is 24.2 Å². The molecule has 0 unspecified atom stereocenters. The van der Waals surface area contributed by atoms with E-state index in [-0.39, 0.29) is 35.9 Å². The van der Waals surface area contributed by atoms with Crippen molar-refractivity contribution in [2.75, 3.05) is 18.6 Å². The molecule has 9 nitrogen and oxygen atoms in total. The SMILES string of the molecule is Cc1cc(=O)n(CC(=O)c2ccc3c(c2)N(C)C(=O)CO3)cc1[N+](=O)[O-]. The van der Waals surface area contributed by atoms with Gasteiger partial charge in [-0.3, -0.25) is 24.5 Å². The van der Waals surface area contributed by atoms with Crippen molar-refractivity contribution in [3.8, 4) is 5.75 Å². The lowest BCUT2D eigenvalue weighted by atomic mass is 10.1. The van der Waals surface area contributed by atoms with E-state index in [9.17, 15) is 24.5 Å². The quantitative estimate of drug-likeness (QED) is 0.463. The molecule has 1 aliphatic heterocycles. The van der Waals surface area contributed by atoms with E-state index in [1.165, 1.54) is 24.0 Å². The van der Waals surface area contributed by atoms with Crippen LogP contribution in [-0.2, 0) is 11.3 Å². The van der Waals surface area contributed by atoms with E-state index < -0.39 is 16.3 Å². The average Bonchev–Trinajstić information content (AvgIpc) is 2.60. The molecule has 0 bridgehead atoms. The third-order valence-corrected chi connectivity index (χ3v) is 4.18. The number of fused-ring (bicyclic) bond motifs is 1. The monoisotopic (exact) mass is 357 g/mol. The molecule has 0 saturated carbocycles. The molecule has 9 heteroatoms. The van der Waals surface area contributed by atoms with Crippen molar-refractivity contribution in [2.24, 2.45) is 0 Å². The van der Waals surface area contributed by atoms with E-state index >= 15 is 0 Å². The Bertz CT molecular complexity index is 994. The molecular weight excluding hydrogens is 342 g/mol. The first-order chi connectivity index (χ1) is 12.3. The number of likely N-dealkylation sites (N-methyl/N-ethyl adjacent to an activating group) is 1. The topological polar surface area (TPSA) is 112 Å². The van der Waals surface area contributed by atoms with E-state index in [1.54, 1.807) is 13.1 Å². The Morgan fingerprint density at radius 3 is 2.73 bits per heavy atom. The van der Waals surface area contributed by atoms with Crippen molar-refractivity contribution in [1.82, 2.24) is 4.57 Å². The number of hydrogen-bond donors (Lipinski definition) is 0. The molecule has 0 aliphatic carbocycles. The minimum absolute atomic E-state index is 0.0702. The van der Waals surface area contributed by atoms with Gasteiger partial charge in [-0.05, 0) is 25.1 Å². The van der Waals surface area contributed by atoms with Crippen LogP contribution in [0.5, 0.6) is 5.75 Å². The highest BCUT2D eigenvalue weighted by molar-refractivity contribution is 6.01. The van der Waals surface area contributed by atoms with Gasteiger partial charge in [0.1, 0.15) is 5.75 Å². The lowest BCUT2D eigenvalue weighted by Crippen LogP contribution is -2.35. The molecule has 1 amide bonds. The molecule has 0 fully saturated rings. The van der Waals surface area contributed by atoms with E-state index in [2.05, 4.69) is 0 Å². The van der Waals surface area contributed by atoms with Gasteiger partial charge in [0.25, 0.3) is 17.2 Å². The van der Waals surface area contributed by atoms with Gasteiger partial charge in [-0.25, -0.2) is 0 Å². The molecule has 1 aliphatic rings. The maximum atomic E-state index is 12.5. The Labute approximate surface area is 147 Å². The summed E-state index contributed by atoms with van der Waals surface area (Å²) in [4.78, 5) is 48.1. The van der Waals surface area contributed by atoms with Crippen molar-refractivity contribution in [3.05, 3.63) is 62.1 Å². The first kappa shape index (κ1) is 17.3. The second-order valence-electron chi connectivity index (χ2n) is 5.91. The predicted octanol–water partition coefficient (Wildman–Crippen LogP) is 1.30. The van der Waals surface area contributed by atoms with Crippen LogP contribution in [0.25, 0.3) is 0 Å². The number of ether oxygens (including phenoxy) is 1. The number of hydrogen-bond acceptors (Lipinski definition) is 6. The maximum absolute atomic E-state index is 12.5. The Balaban J connectivity index is 1.92. The molecule has 0 N–H and O–H groups in total. The van der Waals surface area contributed by atoms with Crippen LogP contribution in [0.1, 0.15) is 15.9 Å². The molecule has 0 saturated heterocycles. The number of Topliss-reactive ketones (excluding diaryl/α,β-unsaturated/α-hetero) is 1. The number of nitrogens with zero attached hydrogens (tertiary/aromatic N) is 3. The zero-order chi connectivity index (χ0) is 19.0. The van der Waals surface area contributed by atoms with E-state index in [0.717, 1.165) is 16.8 Å². The third kappa shape index (κ3) is 3.06. The zero-order valence-corrected chi connectivity index (χ0v) is 14.1. The summed E-state index contributed by atoms with van der Waals surface area (Å²) in [5.74, 6) is -0.182. The number of ketones is 1. The normalized spacial score (nSPS) is 13.2. The largest absolute Gasteiger partial charge is 0.482 e. The van der Waals surface area contributed by atoms with Gasteiger partial charge < -0.3 is 14.2 Å². The maximum Gasteiger partial charge on any atom is 0.288 e. The summed E-state index contributed by atoms with van der Waals surface area (Å²) in [7, 11) is 1.58. The van der Waals surface area contributed by atoms with Crippen LogP contribution in [0.3, 0.4) is 0 Å². The highest BCUT2D eigenvalue weighted by atomic mass is 16.6. The van der Waals surface area contributed by atoms with E-state index in [1.807, 2.05) is 0 Å². The number of anilines is 1. The van der Waals surface area contributed by atoms with Gasteiger partial charge in [0.05, 0.1) is 23.4 Å². The number of rotatable bonds is 4. The Morgan fingerprint density at radius 2 is 2.04 bits per heavy atom. The second kappa shape index (κ2) is 6.43. The van der Waals surface area contributed by atoms with Gasteiger partial charge in [0.2, 0.25) is 0 Å². The smallest absolute Gasteiger partial charge is 0.288 e. The van der Waals surface area contributed by atoms with Crippen LogP contribution in [0.15, 0.2) is 35.3 Å². The van der Waals surface area contributed by atoms with Gasteiger partial charge in [-0.2, -0.15) is 0 Å². The zero-order valence-electron chi connectivity index (χ0n) is 14.1. The summed E-state index contributed by atoms with van der Waals surface area (Å²) in [6.07, 6.45) is 1.06. The Hall–Kier alpha value is -3.49. The molecule has 0 spiro atoms. The summed E-state index contributed by atoms with van der Waals surface area (Å²) in [6, 6.07) is 5.73. The second-order valence-corrected chi connectivity index (χ2v) is 5.91. The number of benzene rings is 1. The van der Waals surface area contributed by atoms with Crippen molar-refractivity contribution in [1.29, 1.82) is 0 Å². The standard InChI is InChI=1S/C17H15N3O6/c1-10-5-16(22)19(7-13(10)20(24)25)8-14(21)11-3-4-15-12(6-11)18(2)17(23)9-26-15/h3-7H,8-9H2,1-2H3. The van der Waals surface area contributed by atoms with Crippen molar-refractivity contribution < 1.29 is 19.2 Å². The number of pyridine rings is 1. The molecule has 134 valence electrons. The number of carbonyl (C=O) groups is 2. The summed E-state index contributed by atoms with van der Waals surface area (Å²) >= 11 is 0. The number of nitro groups is 1. The lowest BCUT2D eigenvalue weighted by molar-refractivity contribution is -0.385. The molecule has 1 aromatic carbocycles. The van der Waals surface area contributed by atoms with Gasteiger partial charge in [-0.15, -0.1) is 0 Å². The highest BCUT2D eigenvalue weighted by Crippen LogP contribution is 2.32. The lowest BCUT2D eigenvalue weighted by Gasteiger charge is -2.26. The molecule has 0 atom stereocenters. The van der Waals surface area contributed by atoms with Crippen LogP contribution >= 0.6 is 0 Å². The van der Waals surface area contributed by atoms with Crippen molar-refractivity contribution in [3.63, 3.8) is 0 Å². The summed E-state index contributed by atoms with van der Waals surface area (Å²) in [6.45, 7) is 1.04. The summed E-state index contributed by atoms with van der Waals surface area (Å²) in [5, 5.41) is 11.0. The van der Waals surface area contributed by atoms with Crippen LogP contribution < -0.4 is 15.2 Å². The van der Waals surface area contributed by atoms with Crippen LogP contribution in [-0.4, -0.2) is 34.8 Å².